The van der Waals surface area contributed by atoms with Crippen LogP contribution in [0.25, 0.3) is 104 Å². The molecule has 0 fully saturated rings. The van der Waals surface area contributed by atoms with Crippen molar-refractivity contribution < 1.29 is 13.9 Å². The molecular weight excluding hydrogens is 874 g/mol. The summed E-state index contributed by atoms with van der Waals surface area (Å²) in [7, 11) is 0. The van der Waals surface area contributed by atoms with Crippen molar-refractivity contribution in [1.82, 2.24) is 8.97 Å². The van der Waals surface area contributed by atoms with E-state index in [-0.39, 0.29) is 5.82 Å². The Morgan fingerprint density at radius 1 is 0.408 bits per heavy atom. The molecule has 0 N–H and O–H groups in total. The number of fused-ring (bicyclic) bond motifs is 13. The first-order valence-corrected chi connectivity index (χ1v) is 24.1. The average Bonchev–Trinajstić information content (AvgIpc) is 3.92. The third kappa shape index (κ3) is 6.70. The predicted octanol–water partition coefficient (Wildman–Crippen LogP) is 18.1. The number of hydrogen-bond acceptors (Lipinski definition) is 3. The van der Waals surface area contributed by atoms with Gasteiger partial charge in [-0.3, -0.25) is 0 Å². The molecule has 6 heteroatoms. The number of benzene rings is 10. The zero-order chi connectivity index (χ0) is 48.0. The molecule has 71 heavy (non-hydrogen) atoms. The standard InChI is InChI=1S/C65H46FN3O2/c1-65(2,3)71-64(70)69-61-39-54-47-28-12-8-24-43(47)42-23-7-10-26-45(42)50-31-19-33-52-49-30-14-17-37-58(49)68(62(50)52)60(54)40-55(61)53-34-20-32-51(63(53)69)46-27-11-9-25-44(46)48-29-13-16-36-57(48)67(41-21-5-4-6-22-41)59-38-18-15-35-56(59)66/h4-40H,1-3H3. The Hall–Kier alpha value is -9.00. The number of halogens is 1. The van der Waals surface area contributed by atoms with Crippen LogP contribution in [0.4, 0.5) is 26.2 Å². The van der Waals surface area contributed by atoms with Crippen LogP contribution in [0, 0.1) is 5.82 Å². The van der Waals surface area contributed by atoms with Gasteiger partial charge in [0.25, 0.3) is 0 Å². The normalized spacial score (nSPS) is 12.0. The highest BCUT2D eigenvalue weighted by Crippen LogP contribution is 2.47. The Bertz CT molecular complexity index is 4350. The first kappa shape index (κ1) is 42.1. The highest BCUT2D eigenvalue weighted by atomic mass is 19.1. The number of para-hydroxylation sites is 6. The van der Waals surface area contributed by atoms with Crippen LogP contribution < -0.4 is 4.90 Å². The maximum absolute atomic E-state index is 16.0. The first-order valence-electron chi connectivity index (χ1n) is 24.1. The second-order valence-corrected chi connectivity index (χ2v) is 19.2. The van der Waals surface area contributed by atoms with Crippen LogP contribution in [-0.2, 0) is 4.74 Å². The number of anilines is 3. The third-order valence-electron chi connectivity index (χ3n) is 13.9. The molecule has 13 aromatic rings. The van der Waals surface area contributed by atoms with Crippen molar-refractivity contribution >= 4 is 105 Å². The summed E-state index contributed by atoms with van der Waals surface area (Å²) >= 11 is 0. The van der Waals surface area contributed by atoms with Gasteiger partial charge in [0.1, 0.15) is 11.4 Å². The smallest absolute Gasteiger partial charge is 0.419 e. The van der Waals surface area contributed by atoms with Crippen LogP contribution in [0.5, 0.6) is 0 Å². The number of carbonyl (C=O) groups is 1. The molecule has 3 aromatic heterocycles. The Morgan fingerprint density at radius 3 is 1.54 bits per heavy atom. The van der Waals surface area contributed by atoms with E-state index in [1.165, 1.54) is 11.5 Å². The fourth-order valence-electron chi connectivity index (χ4n) is 11.1. The van der Waals surface area contributed by atoms with Gasteiger partial charge in [-0.15, -0.1) is 0 Å². The molecule has 0 saturated carbocycles. The Morgan fingerprint density at radius 2 is 0.859 bits per heavy atom. The molecule has 0 atom stereocenters. The molecule has 0 amide bonds. The van der Waals surface area contributed by atoms with Crippen LogP contribution in [0.15, 0.2) is 224 Å². The zero-order valence-corrected chi connectivity index (χ0v) is 39.4. The lowest BCUT2D eigenvalue weighted by Gasteiger charge is -2.28. The molecule has 0 aliphatic rings. The van der Waals surface area contributed by atoms with Crippen molar-refractivity contribution in [3.63, 3.8) is 0 Å². The lowest BCUT2D eigenvalue weighted by molar-refractivity contribution is 0.0551. The first-order chi connectivity index (χ1) is 34.7. The van der Waals surface area contributed by atoms with Crippen LogP contribution in [0.3, 0.4) is 0 Å². The van der Waals surface area contributed by atoms with E-state index >= 15 is 9.18 Å². The van der Waals surface area contributed by atoms with Gasteiger partial charge in [-0.2, -0.15) is 0 Å². The van der Waals surface area contributed by atoms with Gasteiger partial charge < -0.3 is 14.0 Å². The van der Waals surface area contributed by atoms with Crippen molar-refractivity contribution in [2.24, 2.45) is 0 Å². The topological polar surface area (TPSA) is 38.9 Å². The lowest BCUT2D eigenvalue weighted by atomic mass is 9.92. The fourth-order valence-corrected chi connectivity index (χ4v) is 11.1. The average molecular weight is 920 g/mol. The Labute approximate surface area is 409 Å². The molecule has 0 radical (unpaired) electrons. The molecule has 0 aliphatic heterocycles. The minimum absolute atomic E-state index is 0.334. The van der Waals surface area contributed by atoms with Gasteiger partial charge in [-0.1, -0.05) is 176 Å². The SMILES string of the molecule is CC(C)(C)OC(=O)n1c2cc3c4ccccc4c4ccccc4c4cccc5c6ccccc6n(c3cc2c2cccc(-c3ccccc3-c3ccccc3N(c3ccccc3)c3ccccc3F)c21)c45. The summed E-state index contributed by atoms with van der Waals surface area (Å²) in [6.07, 6.45) is -0.474. The molecule has 0 bridgehead atoms. The van der Waals surface area contributed by atoms with Crippen molar-refractivity contribution in [2.75, 3.05) is 4.90 Å². The summed E-state index contributed by atoms with van der Waals surface area (Å²) in [5, 5.41) is 10.7. The molecule has 0 spiro atoms. The van der Waals surface area contributed by atoms with E-state index in [0.29, 0.717) is 5.69 Å². The van der Waals surface area contributed by atoms with E-state index in [0.717, 1.165) is 110 Å². The zero-order valence-electron chi connectivity index (χ0n) is 39.4. The van der Waals surface area contributed by atoms with Crippen molar-refractivity contribution in [3.05, 3.63) is 230 Å². The minimum Gasteiger partial charge on any atom is -0.443 e. The number of rotatable bonds is 5. The van der Waals surface area contributed by atoms with E-state index in [1.807, 2.05) is 98.5 Å². The molecule has 0 aliphatic carbocycles. The molecule has 13 rings (SSSR count). The largest absolute Gasteiger partial charge is 0.443 e. The van der Waals surface area contributed by atoms with Gasteiger partial charge in [0.2, 0.25) is 0 Å². The van der Waals surface area contributed by atoms with Crippen molar-refractivity contribution in [1.29, 1.82) is 0 Å². The number of ether oxygens (including phenoxy) is 1. The van der Waals surface area contributed by atoms with Crippen molar-refractivity contribution in [3.8, 4) is 22.3 Å². The molecule has 0 saturated heterocycles. The highest BCUT2D eigenvalue weighted by molar-refractivity contribution is 6.27. The lowest BCUT2D eigenvalue weighted by Crippen LogP contribution is -2.27. The van der Waals surface area contributed by atoms with Gasteiger partial charge in [0, 0.05) is 49.1 Å². The van der Waals surface area contributed by atoms with E-state index in [1.54, 1.807) is 10.6 Å². The van der Waals surface area contributed by atoms with E-state index in [4.69, 9.17) is 4.74 Å². The minimum atomic E-state index is -0.795. The molecule has 10 aromatic carbocycles. The summed E-state index contributed by atoms with van der Waals surface area (Å²) in [6.45, 7) is 5.73. The van der Waals surface area contributed by atoms with Gasteiger partial charge >= 0.3 is 6.09 Å². The Kier molecular flexibility index (Phi) is 9.68. The van der Waals surface area contributed by atoms with Crippen LogP contribution in [0.2, 0.25) is 0 Å². The molecular formula is C65H46FN3O2. The second kappa shape index (κ2) is 16.3. The van der Waals surface area contributed by atoms with Crippen LogP contribution >= 0.6 is 0 Å². The van der Waals surface area contributed by atoms with E-state index in [9.17, 15) is 0 Å². The predicted molar refractivity (Wildman–Crippen MR) is 294 cm³/mol. The van der Waals surface area contributed by atoms with Crippen molar-refractivity contribution in [2.45, 2.75) is 26.4 Å². The third-order valence-corrected chi connectivity index (χ3v) is 13.9. The molecule has 0 unspecified atom stereocenters. The molecule has 340 valence electrons. The summed E-state index contributed by atoms with van der Waals surface area (Å²) in [6, 6.07) is 76.7. The van der Waals surface area contributed by atoms with Gasteiger partial charge in [-0.05, 0) is 102 Å². The summed E-state index contributed by atoms with van der Waals surface area (Å²) in [4.78, 5) is 17.3. The summed E-state index contributed by atoms with van der Waals surface area (Å²) < 4.78 is 26.7. The monoisotopic (exact) mass is 919 g/mol. The van der Waals surface area contributed by atoms with Crippen LogP contribution in [0.1, 0.15) is 20.8 Å². The molecule has 5 nitrogen and oxygen atoms in total. The maximum atomic E-state index is 16.0. The number of carbonyl (C=O) groups excluding carboxylic acids is 1. The van der Waals surface area contributed by atoms with Gasteiger partial charge in [0.05, 0.1) is 39.0 Å². The quantitative estimate of drug-likeness (QED) is 0.173. The van der Waals surface area contributed by atoms with Gasteiger partial charge in [-0.25, -0.2) is 13.8 Å². The van der Waals surface area contributed by atoms with Crippen LogP contribution in [-0.4, -0.2) is 20.7 Å². The fraction of sp³-hybridized carbons (Fsp3) is 0.0615. The maximum Gasteiger partial charge on any atom is 0.419 e. The number of nitrogens with zero attached hydrogens (tertiary/aromatic N) is 3. The molecule has 3 heterocycles. The Balaban J connectivity index is 1.18. The number of hydrogen-bond donors (Lipinski definition) is 0. The second-order valence-electron chi connectivity index (χ2n) is 19.2. The highest BCUT2D eigenvalue weighted by Gasteiger charge is 2.28. The summed E-state index contributed by atoms with van der Waals surface area (Å²) in [5.74, 6) is -0.334. The van der Waals surface area contributed by atoms with E-state index < -0.39 is 11.7 Å². The van der Waals surface area contributed by atoms with Gasteiger partial charge in [0.15, 0.2) is 0 Å². The number of aromatic nitrogens is 2. The summed E-state index contributed by atoms with van der Waals surface area (Å²) in [5.41, 5.74) is 9.52. The van der Waals surface area contributed by atoms with E-state index in [2.05, 4.69) is 144 Å².